The van der Waals surface area contributed by atoms with Crippen LogP contribution in [0.3, 0.4) is 0 Å². The summed E-state index contributed by atoms with van der Waals surface area (Å²) < 4.78 is 0. The van der Waals surface area contributed by atoms with Crippen LogP contribution in [-0.4, -0.2) is 34.6 Å². The molecule has 0 unspecified atom stereocenters. The van der Waals surface area contributed by atoms with E-state index in [4.69, 9.17) is 5.11 Å². The lowest BCUT2D eigenvalue weighted by Gasteiger charge is -2.25. The number of anilines is 1. The normalized spacial score (nSPS) is 11.0. The van der Waals surface area contributed by atoms with Gasteiger partial charge in [-0.05, 0) is 58.4 Å². The quantitative estimate of drug-likeness (QED) is 0.614. The smallest absolute Gasteiger partial charge is 0.319 e. The Hall–Kier alpha value is -2.57. The molecule has 7 heteroatoms. The molecule has 7 nitrogen and oxygen atoms in total. The van der Waals surface area contributed by atoms with Crippen molar-refractivity contribution in [1.29, 1.82) is 0 Å². The van der Waals surface area contributed by atoms with E-state index in [2.05, 4.69) is 16.0 Å². The van der Waals surface area contributed by atoms with Crippen molar-refractivity contribution in [3.05, 3.63) is 29.8 Å². The van der Waals surface area contributed by atoms with Crippen molar-refractivity contribution >= 4 is 23.6 Å². The largest absolute Gasteiger partial charge is 0.481 e. The highest BCUT2D eigenvalue weighted by Gasteiger charge is 2.22. The van der Waals surface area contributed by atoms with Crippen LogP contribution in [0.15, 0.2) is 24.3 Å². The third kappa shape index (κ3) is 7.13. The molecule has 1 aromatic rings. The first kappa shape index (κ1) is 19.5. The number of nitrogens with one attached hydrogen (secondary N) is 3. The Balaban J connectivity index is 2.63. The molecule has 0 aliphatic rings. The Kier molecular flexibility index (Phi) is 6.76. The maximum atomic E-state index is 12.2. The van der Waals surface area contributed by atoms with E-state index in [1.165, 1.54) is 0 Å². The van der Waals surface area contributed by atoms with Crippen LogP contribution in [-0.2, 0) is 4.79 Å². The molecule has 0 aliphatic carbocycles. The summed E-state index contributed by atoms with van der Waals surface area (Å²) in [4.78, 5) is 34.5. The number of carboxylic acids is 1. The SMILES string of the molecule is CC(C)NC(=O)Nc1ccc(C(=O)NC(C)(C)CCC(=O)O)cc1. The highest BCUT2D eigenvalue weighted by molar-refractivity contribution is 5.96. The number of carboxylic acid groups (broad SMARTS) is 1. The van der Waals surface area contributed by atoms with Crippen molar-refractivity contribution in [3.8, 4) is 0 Å². The standard InChI is InChI=1S/C17H25N3O4/c1-11(2)18-16(24)19-13-7-5-12(6-8-13)15(23)20-17(3,4)10-9-14(21)22/h5-8,11H,9-10H2,1-4H3,(H,20,23)(H,21,22)(H2,18,19,24). The van der Waals surface area contributed by atoms with Gasteiger partial charge in [-0.1, -0.05) is 0 Å². The third-order valence-electron chi connectivity index (χ3n) is 3.24. The molecule has 0 aromatic heterocycles. The number of hydrogen-bond acceptors (Lipinski definition) is 3. The number of benzene rings is 1. The Morgan fingerprint density at radius 2 is 1.71 bits per heavy atom. The van der Waals surface area contributed by atoms with Gasteiger partial charge in [0.15, 0.2) is 0 Å². The number of amides is 3. The van der Waals surface area contributed by atoms with Crippen LogP contribution >= 0.6 is 0 Å². The predicted molar refractivity (Wildman–Crippen MR) is 92.1 cm³/mol. The van der Waals surface area contributed by atoms with Gasteiger partial charge in [-0.2, -0.15) is 0 Å². The molecule has 0 radical (unpaired) electrons. The Morgan fingerprint density at radius 1 is 1.12 bits per heavy atom. The Morgan fingerprint density at radius 3 is 2.21 bits per heavy atom. The molecule has 0 saturated carbocycles. The summed E-state index contributed by atoms with van der Waals surface area (Å²) >= 11 is 0. The third-order valence-corrected chi connectivity index (χ3v) is 3.24. The van der Waals surface area contributed by atoms with Gasteiger partial charge in [0, 0.05) is 29.3 Å². The highest BCUT2D eigenvalue weighted by atomic mass is 16.4. The zero-order valence-electron chi connectivity index (χ0n) is 14.5. The molecule has 1 rings (SSSR count). The second-order valence-electron chi connectivity index (χ2n) is 6.56. The fourth-order valence-electron chi connectivity index (χ4n) is 2.00. The zero-order chi connectivity index (χ0) is 18.3. The molecule has 4 N–H and O–H groups in total. The first-order chi connectivity index (χ1) is 11.1. The van der Waals surface area contributed by atoms with Crippen LogP contribution in [0.2, 0.25) is 0 Å². The second kappa shape index (κ2) is 8.33. The lowest BCUT2D eigenvalue weighted by molar-refractivity contribution is -0.137. The van der Waals surface area contributed by atoms with Gasteiger partial charge < -0.3 is 21.1 Å². The number of carbonyl (C=O) groups excluding carboxylic acids is 2. The summed E-state index contributed by atoms with van der Waals surface area (Å²) in [6.45, 7) is 7.28. The second-order valence-corrected chi connectivity index (χ2v) is 6.56. The fourth-order valence-corrected chi connectivity index (χ4v) is 2.00. The molecule has 0 atom stereocenters. The first-order valence-electron chi connectivity index (χ1n) is 7.81. The fraction of sp³-hybridized carbons (Fsp3) is 0.471. The van der Waals surface area contributed by atoms with Gasteiger partial charge >= 0.3 is 12.0 Å². The number of aliphatic carboxylic acids is 1. The molecule has 132 valence electrons. The minimum atomic E-state index is -0.896. The zero-order valence-corrected chi connectivity index (χ0v) is 14.5. The van der Waals surface area contributed by atoms with Gasteiger partial charge in [-0.15, -0.1) is 0 Å². The van der Waals surface area contributed by atoms with Crippen molar-refractivity contribution in [1.82, 2.24) is 10.6 Å². The van der Waals surface area contributed by atoms with Crippen LogP contribution < -0.4 is 16.0 Å². The van der Waals surface area contributed by atoms with E-state index in [-0.39, 0.29) is 24.4 Å². The average Bonchev–Trinajstić information content (AvgIpc) is 2.44. The van der Waals surface area contributed by atoms with Gasteiger partial charge in [-0.3, -0.25) is 9.59 Å². The van der Waals surface area contributed by atoms with E-state index < -0.39 is 11.5 Å². The van der Waals surface area contributed by atoms with Crippen molar-refractivity contribution < 1.29 is 19.5 Å². The molecular weight excluding hydrogens is 310 g/mol. The van der Waals surface area contributed by atoms with Crippen molar-refractivity contribution in [2.24, 2.45) is 0 Å². The molecule has 0 fully saturated rings. The molecule has 1 aromatic carbocycles. The van der Waals surface area contributed by atoms with Crippen molar-refractivity contribution in [2.75, 3.05) is 5.32 Å². The van der Waals surface area contributed by atoms with E-state index in [0.717, 1.165) is 0 Å². The summed E-state index contributed by atoms with van der Waals surface area (Å²) in [5.74, 6) is -1.18. The number of hydrogen-bond donors (Lipinski definition) is 4. The summed E-state index contributed by atoms with van der Waals surface area (Å²) in [6.07, 6.45) is 0.324. The summed E-state index contributed by atoms with van der Waals surface area (Å²) in [7, 11) is 0. The average molecular weight is 335 g/mol. The molecule has 24 heavy (non-hydrogen) atoms. The Labute approximate surface area is 141 Å². The number of carbonyl (C=O) groups is 3. The summed E-state index contributed by atoms with van der Waals surface area (Å²) in [5.41, 5.74) is 0.395. The highest BCUT2D eigenvalue weighted by Crippen LogP contribution is 2.14. The molecule has 0 bridgehead atoms. The summed E-state index contributed by atoms with van der Waals surface area (Å²) in [6, 6.07) is 6.21. The first-order valence-corrected chi connectivity index (χ1v) is 7.81. The Bertz CT molecular complexity index is 594. The van der Waals surface area contributed by atoms with Crippen LogP contribution in [0, 0.1) is 0 Å². The lowest BCUT2D eigenvalue weighted by Crippen LogP contribution is -2.43. The predicted octanol–water partition coefficient (Wildman–Crippen LogP) is 2.59. The molecule has 3 amide bonds. The van der Waals surface area contributed by atoms with Gasteiger partial charge in [0.05, 0.1) is 0 Å². The van der Waals surface area contributed by atoms with Crippen LogP contribution in [0.5, 0.6) is 0 Å². The van der Waals surface area contributed by atoms with Crippen LogP contribution in [0.25, 0.3) is 0 Å². The van der Waals surface area contributed by atoms with E-state index in [1.54, 1.807) is 38.1 Å². The number of urea groups is 1. The van der Waals surface area contributed by atoms with Crippen LogP contribution in [0.4, 0.5) is 10.5 Å². The maximum Gasteiger partial charge on any atom is 0.319 e. The van der Waals surface area contributed by atoms with E-state index in [1.807, 2.05) is 13.8 Å². The van der Waals surface area contributed by atoms with E-state index in [9.17, 15) is 14.4 Å². The molecular formula is C17H25N3O4. The van der Waals surface area contributed by atoms with Gasteiger partial charge in [0.2, 0.25) is 0 Å². The van der Waals surface area contributed by atoms with Crippen LogP contribution in [0.1, 0.15) is 50.9 Å². The topological polar surface area (TPSA) is 108 Å². The molecule has 0 aliphatic heterocycles. The minimum absolute atomic E-state index is 0.0128. The maximum absolute atomic E-state index is 12.2. The lowest BCUT2D eigenvalue weighted by atomic mass is 9.97. The number of rotatable bonds is 7. The van der Waals surface area contributed by atoms with E-state index >= 15 is 0 Å². The van der Waals surface area contributed by atoms with Gasteiger partial charge in [-0.25, -0.2) is 4.79 Å². The molecule has 0 spiro atoms. The van der Waals surface area contributed by atoms with E-state index in [0.29, 0.717) is 17.7 Å². The molecule has 0 saturated heterocycles. The van der Waals surface area contributed by atoms with Gasteiger partial charge in [0.25, 0.3) is 5.91 Å². The molecule has 0 heterocycles. The van der Waals surface area contributed by atoms with Crippen molar-refractivity contribution in [3.63, 3.8) is 0 Å². The monoisotopic (exact) mass is 335 g/mol. The van der Waals surface area contributed by atoms with Gasteiger partial charge in [0.1, 0.15) is 0 Å². The minimum Gasteiger partial charge on any atom is -0.481 e. The van der Waals surface area contributed by atoms with Crippen molar-refractivity contribution in [2.45, 2.75) is 52.1 Å². The summed E-state index contributed by atoms with van der Waals surface area (Å²) in [5, 5.41) is 16.9.